The van der Waals surface area contributed by atoms with E-state index in [2.05, 4.69) is 10.6 Å². The quantitative estimate of drug-likeness (QED) is 0.883. The van der Waals surface area contributed by atoms with E-state index in [1.807, 2.05) is 19.1 Å². The number of benzene rings is 2. The second-order valence-corrected chi connectivity index (χ2v) is 5.14. The molecule has 2 aromatic rings. The second kappa shape index (κ2) is 7.09. The summed E-state index contributed by atoms with van der Waals surface area (Å²) in [7, 11) is 0. The highest BCUT2D eigenvalue weighted by atomic mass is 35.5. The normalized spacial score (nSPS) is 11.8. The van der Waals surface area contributed by atoms with Crippen LogP contribution in [0.2, 0.25) is 5.02 Å². The minimum Gasteiger partial charge on any atom is -0.376 e. The van der Waals surface area contributed by atoms with Gasteiger partial charge in [-0.2, -0.15) is 0 Å². The van der Waals surface area contributed by atoms with Crippen molar-refractivity contribution in [2.75, 3.05) is 11.9 Å². The Labute approximate surface area is 128 Å². The topological polar surface area (TPSA) is 41.1 Å². The second-order valence-electron chi connectivity index (χ2n) is 4.70. The Morgan fingerprint density at radius 3 is 2.38 bits per heavy atom. The molecule has 1 unspecified atom stereocenters. The fourth-order valence-electron chi connectivity index (χ4n) is 1.88. The van der Waals surface area contributed by atoms with Crippen LogP contribution >= 0.6 is 11.6 Å². The zero-order valence-corrected chi connectivity index (χ0v) is 12.3. The van der Waals surface area contributed by atoms with Crippen molar-refractivity contribution in [3.63, 3.8) is 0 Å². The largest absolute Gasteiger partial charge is 0.376 e. The van der Waals surface area contributed by atoms with Gasteiger partial charge in [0.1, 0.15) is 5.82 Å². The summed E-state index contributed by atoms with van der Waals surface area (Å²) in [5.41, 5.74) is 1.68. The standard InChI is InChI=1S/C16H16ClFN2O/c1-11(12-2-4-13(17)5-3-12)20-16(21)10-19-15-8-6-14(18)7-9-15/h2-9,11,19H,10H2,1H3,(H,20,21). The van der Waals surface area contributed by atoms with Crippen LogP contribution < -0.4 is 10.6 Å². The molecule has 0 aliphatic rings. The summed E-state index contributed by atoms with van der Waals surface area (Å²) in [6.45, 7) is 2.03. The number of amides is 1. The highest BCUT2D eigenvalue weighted by Crippen LogP contribution is 2.16. The Balaban J connectivity index is 1.83. The molecule has 2 aromatic carbocycles. The van der Waals surface area contributed by atoms with Crippen molar-refractivity contribution < 1.29 is 9.18 Å². The van der Waals surface area contributed by atoms with Crippen LogP contribution in [0.15, 0.2) is 48.5 Å². The maximum atomic E-state index is 12.8. The SMILES string of the molecule is CC(NC(=O)CNc1ccc(F)cc1)c1ccc(Cl)cc1. The van der Waals surface area contributed by atoms with Gasteiger partial charge in [-0.1, -0.05) is 23.7 Å². The van der Waals surface area contributed by atoms with Crippen LogP contribution in [0, 0.1) is 5.82 Å². The summed E-state index contributed by atoms with van der Waals surface area (Å²) in [6.07, 6.45) is 0. The van der Waals surface area contributed by atoms with Crippen molar-refractivity contribution in [2.24, 2.45) is 0 Å². The van der Waals surface area contributed by atoms with Crippen LogP contribution in [0.5, 0.6) is 0 Å². The summed E-state index contributed by atoms with van der Waals surface area (Å²) in [6, 6.07) is 13.1. The lowest BCUT2D eigenvalue weighted by atomic mass is 10.1. The van der Waals surface area contributed by atoms with E-state index < -0.39 is 0 Å². The van der Waals surface area contributed by atoms with Gasteiger partial charge in [0.2, 0.25) is 5.91 Å². The number of halogens is 2. The molecular formula is C16H16ClFN2O. The van der Waals surface area contributed by atoms with Crippen LogP contribution in [-0.4, -0.2) is 12.5 Å². The molecule has 110 valence electrons. The van der Waals surface area contributed by atoms with Crippen molar-refractivity contribution in [3.8, 4) is 0 Å². The van der Waals surface area contributed by atoms with Gasteiger partial charge < -0.3 is 10.6 Å². The summed E-state index contributed by atoms with van der Waals surface area (Å²) in [5, 5.41) is 6.48. The Morgan fingerprint density at radius 1 is 1.14 bits per heavy atom. The maximum absolute atomic E-state index is 12.8. The highest BCUT2D eigenvalue weighted by Gasteiger charge is 2.09. The third-order valence-electron chi connectivity index (χ3n) is 3.04. The van der Waals surface area contributed by atoms with Crippen molar-refractivity contribution >= 4 is 23.2 Å². The van der Waals surface area contributed by atoms with Crippen LogP contribution in [0.1, 0.15) is 18.5 Å². The van der Waals surface area contributed by atoms with Crippen LogP contribution in [-0.2, 0) is 4.79 Å². The molecular weight excluding hydrogens is 291 g/mol. The smallest absolute Gasteiger partial charge is 0.239 e. The average molecular weight is 307 g/mol. The molecule has 0 radical (unpaired) electrons. The molecule has 21 heavy (non-hydrogen) atoms. The minimum absolute atomic E-state index is 0.107. The van der Waals surface area contributed by atoms with Crippen molar-refractivity contribution in [1.29, 1.82) is 0 Å². The van der Waals surface area contributed by atoms with E-state index in [4.69, 9.17) is 11.6 Å². The summed E-state index contributed by atoms with van der Waals surface area (Å²) in [5.74, 6) is -0.442. The molecule has 2 rings (SSSR count). The van der Waals surface area contributed by atoms with E-state index in [1.165, 1.54) is 12.1 Å². The Morgan fingerprint density at radius 2 is 1.76 bits per heavy atom. The lowest BCUT2D eigenvalue weighted by Gasteiger charge is -2.15. The third-order valence-corrected chi connectivity index (χ3v) is 3.30. The number of rotatable bonds is 5. The Kier molecular flexibility index (Phi) is 5.17. The van der Waals surface area contributed by atoms with Crippen molar-refractivity contribution in [3.05, 3.63) is 64.9 Å². The monoisotopic (exact) mass is 306 g/mol. The fraction of sp³-hybridized carbons (Fsp3) is 0.188. The molecule has 0 aliphatic heterocycles. The molecule has 5 heteroatoms. The zero-order chi connectivity index (χ0) is 15.2. The van der Waals surface area contributed by atoms with E-state index in [9.17, 15) is 9.18 Å². The van der Waals surface area contributed by atoms with Gasteiger partial charge >= 0.3 is 0 Å². The predicted molar refractivity (Wildman–Crippen MR) is 82.9 cm³/mol. The summed E-state index contributed by atoms with van der Waals surface area (Å²) >= 11 is 5.83. The van der Waals surface area contributed by atoms with Crippen LogP contribution in [0.25, 0.3) is 0 Å². The minimum atomic E-state index is -0.304. The van der Waals surface area contributed by atoms with Gasteiger partial charge in [0.15, 0.2) is 0 Å². The number of hydrogen-bond donors (Lipinski definition) is 2. The molecule has 0 heterocycles. The first-order valence-corrected chi connectivity index (χ1v) is 6.96. The van der Waals surface area contributed by atoms with E-state index in [0.29, 0.717) is 10.7 Å². The van der Waals surface area contributed by atoms with Crippen LogP contribution in [0.4, 0.5) is 10.1 Å². The van der Waals surface area contributed by atoms with E-state index >= 15 is 0 Å². The van der Waals surface area contributed by atoms with Gasteiger partial charge in [-0.3, -0.25) is 4.79 Å². The molecule has 0 aromatic heterocycles. The molecule has 0 saturated carbocycles. The molecule has 0 aliphatic carbocycles. The summed E-state index contributed by atoms with van der Waals surface area (Å²) in [4.78, 5) is 11.9. The first-order valence-electron chi connectivity index (χ1n) is 6.59. The molecule has 1 atom stereocenters. The van der Waals surface area contributed by atoms with Crippen molar-refractivity contribution in [2.45, 2.75) is 13.0 Å². The predicted octanol–water partition coefficient (Wildman–Crippen LogP) is 3.77. The number of nitrogens with one attached hydrogen (secondary N) is 2. The lowest BCUT2D eigenvalue weighted by molar-refractivity contribution is -0.120. The third kappa shape index (κ3) is 4.76. The molecule has 0 bridgehead atoms. The van der Waals surface area contributed by atoms with Gasteiger partial charge in [0.25, 0.3) is 0 Å². The molecule has 0 spiro atoms. The molecule has 2 N–H and O–H groups in total. The lowest BCUT2D eigenvalue weighted by Crippen LogP contribution is -2.32. The van der Waals surface area contributed by atoms with Gasteiger partial charge in [0, 0.05) is 10.7 Å². The molecule has 1 amide bonds. The van der Waals surface area contributed by atoms with Crippen molar-refractivity contribution in [1.82, 2.24) is 5.32 Å². The number of anilines is 1. The number of carbonyl (C=O) groups excluding carboxylic acids is 1. The van der Waals surface area contributed by atoms with Gasteiger partial charge in [-0.25, -0.2) is 4.39 Å². The summed E-state index contributed by atoms with van der Waals surface area (Å²) < 4.78 is 12.8. The molecule has 3 nitrogen and oxygen atoms in total. The van der Waals surface area contributed by atoms with E-state index in [1.54, 1.807) is 24.3 Å². The Hall–Kier alpha value is -2.07. The Bertz CT molecular complexity index is 599. The van der Waals surface area contributed by atoms with Gasteiger partial charge in [-0.05, 0) is 48.9 Å². The molecule has 0 saturated heterocycles. The maximum Gasteiger partial charge on any atom is 0.239 e. The number of carbonyl (C=O) groups is 1. The van der Waals surface area contributed by atoms with Gasteiger partial charge in [-0.15, -0.1) is 0 Å². The highest BCUT2D eigenvalue weighted by molar-refractivity contribution is 6.30. The molecule has 0 fully saturated rings. The van der Waals surface area contributed by atoms with Crippen LogP contribution in [0.3, 0.4) is 0 Å². The van der Waals surface area contributed by atoms with E-state index in [0.717, 1.165) is 5.56 Å². The first-order chi connectivity index (χ1) is 10.0. The average Bonchev–Trinajstić information content (AvgIpc) is 2.47. The fourth-order valence-corrected chi connectivity index (χ4v) is 2.00. The first kappa shape index (κ1) is 15.3. The van der Waals surface area contributed by atoms with E-state index in [-0.39, 0.29) is 24.3 Å². The number of hydrogen-bond acceptors (Lipinski definition) is 2. The zero-order valence-electron chi connectivity index (χ0n) is 11.6. The van der Waals surface area contributed by atoms with Gasteiger partial charge in [0.05, 0.1) is 12.6 Å².